The van der Waals surface area contributed by atoms with Crippen molar-refractivity contribution in [1.82, 2.24) is 20.2 Å². The number of hydrogen-bond donors (Lipinski definition) is 1. The van der Waals surface area contributed by atoms with Gasteiger partial charge in [-0.15, -0.1) is 11.3 Å². The minimum atomic E-state index is -0.0945. The number of rotatable bonds is 5. The second-order valence-corrected chi connectivity index (χ2v) is 7.32. The van der Waals surface area contributed by atoms with Crippen molar-refractivity contribution in [3.05, 3.63) is 71.5 Å². The van der Waals surface area contributed by atoms with Crippen molar-refractivity contribution < 1.29 is 4.79 Å². The highest BCUT2D eigenvalue weighted by Crippen LogP contribution is 2.23. The minimum absolute atomic E-state index is 0.0945. The number of thiazole rings is 1. The van der Waals surface area contributed by atoms with Crippen LogP contribution in [0.1, 0.15) is 22.5 Å². The van der Waals surface area contributed by atoms with Crippen LogP contribution in [-0.4, -0.2) is 39.9 Å². The molecule has 1 unspecified atom stereocenters. The van der Waals surface area contributed by atoms with Crippen LogP contribution in [0, 0.1) is 0 Å². The summed E-state index contributed by atoms with van der Waals surface area (Å²) in [5.41, 5.74) is 2.72. The lowest BCUT2D eigenvalue weighted by Gasteiger charge is -2.16. The van der Waals surface area contributed by atoms with Gasteiger partial charge in [0.1, 0.15) is 10.7 Å². The predicted octanol–water partition coefficient (Wildman–Crippen LogP) is 3.21. The molecule has 1 saturated heterocycles. The molecule has 1 aliphatic heterocycles. The van der Waals surface area contributed by atoms with Gasteiger partial charge in [-0.05, 0) is 24.1 Å². The van der Waals surface area contributed by atoms with E-state index in [4.69, 9.17) is 0 Å². The molecule has 1 N–H and O–H groups in total. The third-order valence-corrected chi connectivity index (χ3v) is 5.39. The van der Waals surface area contributed by atoms with Crippen molar-refractivity contribution in [2.45, 2.75) is 19.0 Å². The van der Waals surface area contributed by atoms with Gasteiger partial charge in [0.2, 0.25) is 0 Å². The van der Waals surface area contributed by atoms with Crippen LogP contribution in [0.4, 0.5) is 0 Å². The average molecular weight is 364 g/mol. The summed E-state index contributed by atoms with van der Waals surface area (Å²) in [6.07, 6.45) is 4.46. The monoisotopic (exact) mass is 364 g/mol. The average Bonchev–Trinajstić information content (AvgIpc) is 3.33. The maximum absolute atomic E-state index is 12.5. The van der Waals surface area contributed by atoms with Crippen molar-refractivity contribution >= 4 is 17.2 Å². The van der Waals surface area contributed by atoms with Gasteiger partial charge in [0.05, 0.1) is 0 Å². The Kier molecular flexibility index (Phi) is 5.04. The zero-order valence-electron chi connectivity index (χ0n) is 14.3. The van der Waals surface area contributed by atoms with Gasteiger partial charge in [-0.3, -0.25) is 14.7 Å². The maximum atomic E-state index is 12.5. The van der Waals surface area contributed by atoms with E-state index in [-0.39, 0.29) is 11.9 Å². The van der Waals surface area contributed by atoms with Crippen LogP contribution in [0.2, 0.25) is 0 Å². The molecule has 1 fully saturated rings. The number of pyridine rings is 1. The number of nitrogens with one attached hydrogen (secondary N) is 1. The van der Waals surface area contributed by atoms with Crippen molar-refractivity contribution in [2.75, 3.05) is 13.1 Å². The van der Waals surface area contributed by atoms with Crippen LogP contribution in [0.25, 0.3) is 10.6 Å². The molecule has 1 atom stereocenters. The van der Waals surface area contributed by atoms with Gasteiger partial charge in [0.25, 0.3) is 5.91 Å². The molecule has 2 aromatic heterocycles. The SMILES string of the molecule is O=C(NC1CCN(Cc2ccccc2)C1)c1csc(-c2cccnc2)n1. The second-order valence-electron chi connectivity index (χ2n) is 6.46. The summed E-state index contributed by atoms with van der Waals surface area (Å²) < 4.78 is 0. The molecule has 1 aliphatic rings. The number of hydrogen-bond acceptors (Lipinski definition) is 5. The number of nitrogens with zero attached hydrogens (tertiary/aromatic N) is 3. The third-order valence-electron chi connectivity index (χ3n) is 4.50. The molecule has 1 aromatic carbocycles. The van der Waals surface area contributed by atoms with Crippen LogP contribution < -0.4 is 5.32 Å². The summed E-state index contributed by atoms with van der Waals surface area (Å²) in [7, 11) is 0. The quantitative estimate of drug-likeness (QED) is 0.755. The number of amides is 1. The fourth-order valence-corrected chi connectivity index (χ4v) is 3.99. The van der Waals surface area contributed by atoms with Crippen molar-refractivity contribution in [3.63, 3.8) is 0 Å². The van der Waals surface area contributed by atoms with Gasteiger partial charge in [-0.25, -0.2) is 4.98 Å². The van der Waals surface area contributed by atoms with Gasteiger partial charge in [0, 0.05) is 49.0 Å². The predicted molar refractivity (Wildman–Crippen MR) is 103 cm³/mol. The first-order valence-corrected chi connectivity index (χ1v) is 9.59. The first-order chi connectivity index (χ1) is 12.8. The highest BCUT2D eigenvalue weighted by Gasteiger charge is 2.25. The van der Waals surface area contributed by atoms with E-state index < -0.39 is 0 Å². The molecular weight excluding hydrogens is 344 g/mol. The zero-order chi connectivity index (χ0) is 17.8. The molecule has 3 heterocycles. The Labute approximate surface area is 156 Å². The summed E-state index contributed by atoms with van der Waals surface area (Å²) in [5.74, 6) is -0.0945. The molecule has 1 amide bonds. The Morgan fingerprint density at radius 3 is 2.92 bits per heavy atom. The Morgan fingerprint density at radius 2 is 2.12 bits per heavy atom. The maximum Gasteiger partial charge on any atom is 0.271 e. The van der Waals surface area contributed by atoms with E-state index in [1.54, 1.807) is 12.4 Å². The topological polar surface area (TPSA) is 58.1 Å². The number of aromatic nitrogens is 2. The molecule has 4 rings (SSSR count). The van der Waals surface area contributed by atoms with Gasteiger partial charge in [0.15, 0.2) is 0 Å². The van der Waals surface area contributed by atoms with Gasteiger partial charge in [-0.2, -0.15) is 0 Å². The molecular formula is C20H20N4OS. The molecule has 26 heavy (non-hydrogen) atoms. The fraction of sp³-hybridized carbons (Fsp3) is 0.250. The van der Waals surface area contributed by atoms with E-state index in [2.05, 4.69) is 44.5 Å². The lowest BCUT2D eigenvalue weighted by atomic mass is 10.2. The summed E-state index contributed by atoms with van der Waals surface area (Å²) >= 11 is 1.47. The third kappa shape index (κ3) is 3.98. The molecule has 0 bridgehead atoms. The minimum Gasteiger partial charge on any atom is -0.347 e. The molecule has 5 nitrogen and oxygen atoms in total. The summed E-state index contributed by atoms with van der Waals surface area (Å²) in [6, 6.07) is 14.4. The molecule has 0 saturated carbocycles. The van der Waals surface area contributed by atoms with Gasteiger partial charge in [-0.1, -0.05) is 30.3 Å². The molecule has 0 aliphatic carbocycles. The Balaban J connectivity index is 1.33. The Bertz CT molecular complexity index is 866. The van der Waals surface area contributed by atoms with E-state index in [0.29, 0.717) is 5.69 Å². The van der Waals surface area contributed by atoms with Crippen LogP contribution in [0.3, 0.4) is 0 Å². The van der Waals surface area contributed by atoms with Crippen molar-refractivity contribution in [3.8, 4) is 10.6 Å². The van der Waals surface area contributed by atoms with Crippen LogP contribution in [-0.2, 0) is 6.54 Å². The molecule has 0 spiro atoms. The van der Waals surface area contributed by atoms with E-state index >= 15 is 0 Å². The van der Waals surface area contributed by atoms with E-state index in [1.807, 2.05) is 23.6 Å². The number of benzene rings is 1. The number of carbonyl (C=O) groups excluding carboxylic acids is 1. The first-order valence-electron chi connectivity index (χ1n) is 8.71. The molecule has 132 valence electrons. The summed E-state index contributed by atoms with van der Waals surface area (Å²) in [5, 5.41) is 5.76. The fourth-order valence-electron chi connectivity index (χ4n) is 3.19. The van der Waals surface area contributed by atoms with E-state index in [0.717, 1.165) is 36.6 Å². The van der Waals surface area contributed by atoms with Gasteiger partial charge < -0.3 is 5.32 Å². The lowest BCUT2D eigenvalue weighted by molar-refractivity contribution is 0.0933. The standard InChI is InChI=1S/C20H20N4OS/c25-19(18-14-26-20(23-18)16-7-4-9-21-11-16)22-17-8-10-24(13-17)12-15-5-2-1-3-6-15/h1-7,9,11,14,17H,8,10,12-13H2,(H,22,25). The number of likely N-dealkylation sites (tertiary alicyclic amines) is 1. The van der Waals surface area contributed by atoms with Crippen molar-refractivity contribution in [2.24, 2.45) is 0 Å². The van der Waals surface area contributed by atoms with Crippen LogP contribution in [0.5, 0.6) is 0 Å². The van der Waals surface area contributed by atoms with E-state index in [9.17, 15) is 4.79 Å². The summed E-state index contributed by atoms with van der Waals surface area (Å²) in [4.78, 5) is 23.5. The smallest absolute Gasteiger partial charge is 0.271 e. The highest BCUT2D eigenvalue weighted by atomic mass is 32.1. The largest absolute Gasteiger partial charge is 0.347 e. The Hall–Kier alpha value is -2.57. The van der Waals surface area contributed by atoms with Crippen LogP contribution in [0.15, 0.2) is 60.2 Å². The van der Waals surface area contributed by atoms with Gasteiger partial charge >= 0.3 is 0 Å². The highest BCUT2D eigenvalue weighted by molar-refractivity contribution is 7.13. The molecule has 0 radical (unpaired) electrons. The molecule has 3 aromatic rings. The lowest BCUT2D eigenvalue weighted by Crippen LogP contribution is -2.37. The Morgan fingerprint density at radius 1 is 1.23 bits per heavy atom. The van der Waals surface area contributed by atoms with Crippen molar-refractivity contribution in [1.29, 1.82) is 0 Å². The number of carbonyl (C=O) groups is 1. The zero-order valence-corrected chi connectivity index (χ0v) is 15.2. The normalized spacial score (nSPS) is 17.3. The van der Waals surface area contributed by atoms with E-state index in [1.165, 1.54) is 16.9 Å². The van der Waals surface area contributed by atoms with Crippen LogP contribution >= 0.6 is 11.3 Å². The molecule has 6 heteroatoms. The second kappa shape index (κ2) is 7.76. The first kappa shape index (κ1) is 16.9. The summed E-state index contributed by atoms with van der Waals surface area (Å²) in [6.45, 7) is 2.80.